The van der Waals surface area contributed by atoms with E-state index in [1.165, 1.54) is 12.7 Å². The maximum Gasteiger partial charge on any atom is 0.143 e. The molecule has 0 saturated carbocycles. The molecule has 18 heavy (non-hydrogen) atoms. The largest absolute Gasteiger partial charge is 0.755 e. The van der Waals surface area contributed by atoms with Crippen LogP contribution in [0.5, 0.6) is 5.75 Å². The highest BCUT2D eigenvalue weighted by molar-refractivity contribution is 7.80. The zero-order valence-corrected chi connectivity index (χ0v) is 11.5. The van der Waals surface area contributed by atoms with E-state index in [9.17, 15) is 8.76 Å². The molecule has 1 atom stereocenters. The van der Waals surface area contributed by atoms with Gasteiger partial charge in [-0.05, 0) is 38.0 Å². The Morgan fingerprint density at radius 3 is 2.78 bits per heavy atom. The van der Waals surface area contributed by atoms with Crippen molar-refractivity contribution in [2.75, 3.05) is 23.3 Å². The van der Waals surface area contributed by atoms with Crippen LogP contribution in [0.25, 0.3) is 0 Å². The SMILES string of the molecule is COc1cc2c(cc1NS(=O)[O-])N(C(C)C)CC2. The van der Waals surface area contributed by atoms with Crippen LogP contribution in [-0.4, -0.2) is 28.5 Å². The van der Waals surface area contributed by atoms with E-state index in [0.717, 1.165) is 18.7 Å². The molecule has 1 aliphatic heterocycles. The molecular weight excluding hydrogens is 252 g/mol. The topological polar surface area (TPSA) is 64.6 Å². The van der Waals surface area contributed by atoms with Crippen molar-refractivity contribution in [1.82, 2.24) is 0 Å². The van der Waals surface area contributed by atoms with Gasteiger partial charge in [0.2, 0.25) is 0 Å². The fourth-order valence-electron chi connectivity index (χ4n) is 2.31. The van der Waals surface area contributed by atoms with E-state index in [4.69, 9.17) is 4.74 Å². The molecule has 100 valence electrons. The minimum Gasteiger partial charge on any atom is -0.755 e. The highest BCUT2D eigenvalue weighted by Crippen LogP contribution is 2.38. The van der Waals surface area contributed by atoms with Crippen molar-refractivity contribution in [3.8, 4) is 5.75 Å². The highest BCUT2D eigenvalue weighted by atomic mass is 32.2. The normalized spacial score (nSPS) is 15.7. The Labute approximate surface area is 110 Å². The van der Waals surface area contributed by atoms with Gasteiger partial charge in [0.1, 0.15) is 5.75 Å². The molecule has 1 aliphatic rings. The Kier molecular flexibility index (Phi) is 3.77. The van der Waals surface area contributed by atoms with E-state index in [2.05, 4.69) is 23.5 Å². The van der Waals surface area contributed by atoms with E-state index in [1.807, 2.05) is 12.1 Å². The molecule has 1 aromatic rings. The molecule has 0 spiro atoms. The quantitative estimate of drug-likeness (QED) is 0.844. The fourth-order valence-corrected chi connectivity index (χ4v) is 2.65. The average Bonchev–Trinajstić information content (AvgIpc) is 2.69. The molecule has 0 amide bonds. The lowest BCUT2D eigenvalue weighted by atomic mass is 10.1. The molecule has 0 aliphatic carbocycles. The monoisotopic (exact) mass is 269 g/mol. The molecule has 5 nitrogen and oxygen atoms in total. The van der Waals surface area contributed by atoms with Crippen molar-refractivity contribution < 1.29 is 13.5 Å². The number of hydrogen-bond donors (Lipinski definition) is 1. The fraction of sp³-hybridized carbons (Fsp3) is 0.500. The van der Waals surface area contributed by atoms with Gasteiger partial charge in [-0.2, -0.15) is 0 Å². The van der Waals surface area contributed by atoms with E-state index in [1.54, 1.807) is 0 Å². The highest BCUT2D eigenvalue weighted by Gasteiger charge is 2.23. The molecule has 0 saturated heterocycles. The summed E-state index contributed by atoms with van der Waals surface area (Å²) in [5.74, 6) is 0.559. The van der Waals surface area contributed by atoms with Gasteiger partial charge in [-0.3, -0.25) is 4.21 Å². The summed E-state index contributed by atoms with van der Waals surface area (Å²) in [6.45, 7) is 5.20. The number of hydrogen-bond acceptors (Lipinski definition) is 4. The lowest BCUT2D eigenvalue weighted by Crippen LogP contribution is -2.28. The summed E-state index contributed by atoms with van der Waals surface area (Å²) in [5, 5.41) is 0. The molecule has 0 fully saturated rings. The third kappa shape index (κ3) is 2.44. The van der Waals surface area contributed by atoms with Crippen molar-refractivity contribution in [2.45, 2.75) is 26.3 Å². The summed E-state index contributed by atoms with van der Waals surface area (Å²) in [4.78, 5) is 2.26. The van der Waals surface area contributed by atoms with Crippen molar-refractivity contribution in [2.24, 2.45) is 0 Å². The van der Waals surface area contributed by atoms with Crippen LogP contribution in [0.2, 0.25) is 0 Å². The lowest BCUT2D eigenvalue weighted by Gasteiger charge is -2.25. The Hall–Kier alpha value is -1.27. The summed E-state index contributed by atoms with van der Waals surface area (Å²) in [6, 6.07) is 4.15. The van der Waals surface area contributed by atoms with Crippen LogP contribution in [0.1, 0.15) is 19.4 Å². The number of methoxy groups -OCH3 is 1. The van der Waals surface area contributed by atoms with Crippen molar-refractivity contribution in [1.29, 1.82) is 0 Å². The zero-order chi connectivity index (χ0) is 13.3. The van der Waals surface area contributed by atoms with E-state index >= 15 is 0 Å². The first-order valence-corrected chi connectivity index (χ1v) is 6.94. The smallest absolute Gasteiger partial charge is 0.143 e. The number of rotatable bonds is 4. The summed E-state index contributed by atoms with van der Waals surface area (Å²) >= 11 is -2.35. The van der Waals surface area contributed by atoms with E-state index < -0.39 is 11.3 Å². The molecule has 1 aromatic carbocycles. The standard InChI is InChI=1S/C12H18N2O3S/c1-8(2)14-5-4-9-6-12(17-3)10(7-11(9)14)13-18(15)16/h6-8,13H,4-5H2,1-3H3,(H,15,16)/p-1. The minimum atomic E-state index is -2.35. The number of fused-ring (bicyclic) bond motifs is 1. The van der Waals surface area contributed by atoms with Crippen LogP contribution >= 0.6 is 0 Å². The number of nitrogens with one attached hydrogen (secondary N) is 1. The van der Waals surface area contributed by atoms with Gasteiger partial charge in [0.15, 0.2) is 0 Å². The van der Waals surface area contributed by atoms with Gasteiger partial charge in [-0.25, -0.2) is 0 Å². The number of anilines is 2. The van der Waals surface area contributed by atoms with Gasteiger partial charge < -0.3 is 18.9 Å². The summed E-state index contributed by atoms with van der Waals surface area (Å²) in [6.07, 6.45) is 0.963. The molecule has 1 N–H and O–H groups in total. The third-order valence-corrected chi connectivity index (χ3v) is 3.54. The third-order valence-electron chi connectivity index (χ3n) is 3.15. The Morgan fingerprint density at radius 1 is 1.50 bits per heavy atom. The summed E-state index contributed by atoms with van der Waals surface area (Å²) in [5.41, 5.74) is 2.76. The minimum absolute atomic E-state index is 0.394. The van der Waals surface area contributed by atoms with Gasteiger partial charge in [-0.1, -0.05) is 0 Å². The van der Waals surface area contributed by atoms with Gasteiger partial charge in [0, 0.05) is 29.5 Å². The molecule has 6 heteroatoms. The molecule has 0 radical (unpaired) electrons. The van der Waals surface area contributed by atoms with Crippen LogP contribution in [0.3, 0.4) is 0 Å². The van der Waals surface area contributed by atoms with Gasteiger partial charge in [0.25, 0.3) is 0 Å². The number of benzene rings is 1. The average molecular weight is 269 g/mol. The summed E-state index contributed by atoms with van der Waals surface area (Å²) < 4.78 is 29.1. The second-order valence-electron chi connectivity index (χ2n) is 4.56. The Bertz CT molecular complexity index is 477. The van der Waals surface area contributed by atoms with Gasteiger partial charge in [-0.15, -0.1) is 0 Å². The molecule has 0 aromatic heterocycles. The zero-order valence-electron chi connectivity index (χ0n) is 10.7. The van der Waals surface area contributed by atoms with Crippen LogP contribution in [-0.2, 0) is 17.7 Å². The first kappa shape index (κ1) is 13.2. The predicted octanol–water partition coefficient (Wildman–Crippen LogP) is 1.67. The maximum atomic E-state index is 10.8. The molecule has 1 unspecified atom stereocenters. The van der Waals surface area contributed by atoms with Crippen molar-refractivity contribution in [3.63, 3.8) is 0 Å². The molecule has 0 bridgehead atoms. The first-order chi connectivity index (χ1) is 8.52. The maximum absolute atomic E-state index is 10.8. The Morgan fingerprint density at radius 2 is 2.22 bits per heavy atom. The van der Waals surface area contributed by atoms with E-state index in [-0.39, 0.29) is 0 Å². The Balaban J connectivity index is 2.42. The molecule has 1 heterocycles. The second kappa shape index (κ2) is 5.16. The molecule has 2 rings (SSSR count). The number of nitrogens with zero attached hydrogens (tertiary/aromatic N) is 1. The van der Waals surface area contributed by atoms with Crippen molar-refractivity contribution >= 4 is 22.6 Å². The summed E-state index contributed by atoms with van der Waals surface area (Å²) in [7, 11) is 1.54. The lowest BCUT2D eigenvalue weighted by molar-refractivity contribution is 0.416. The predicted molar refractivity (Wildman–Crippen MR) is 71.7 cm³/mol. The first-order valence-electron chi connectivity index (χ1n) is 5.86. The van der Waals surface area contributed by atoms with Crippen LogP contribution in [0.4, 0.5) is 11.4 Å². The van der Waals surface area contributed by atoms with Crippen molar-refractivity contribution in [3.05, 3.63) is 17.7 Å². The van der Waals surface area contributed by atoms with Crippen LogP contribution < -0.4 is 14.4 Å². The second-order valence-corrected chi connectivity index (χ2v) is 5.23. The van der Waals surface area contributed by atoms with E-state index in [0.29, 0.717) is 17.5 Å². The molecular formula is C12H17N2O3S-. The van der Waals surface area contributed by atoms with Gasteiger partial charge >= 0.3 is 0 Å². The number of ether oxygens (including phenoxy) is 1. The van der Waals surface area contributed by atoms with Crippen LogP contribution in [0, 0.1) is 0 Å². The van der Waals surface area contributed by atoms with Crippen LogP contribution in [0.15, 0.2) is 12.1 Å². The van der Waals surface area contributed by atoms with Gasteiger partial charge in [0.05, 0.1) is 12.8 Å².